The number of benzene rings is 1. The fraction of sp³-hybridized carbons (Fsp3) is 0.370. The lowest BCUT2D eigenvalue weighted by molar-refractivity contribution is -0.255. The fourth-order valence-electron chi connectivity index (χ4n) is 3.83. The summed E-state index contributed by atoms with van der Waals surface area (Å²) in [5, 5.41) is 29.5. The second kappa shape index (κ2) is 12.5. The molecule has 2 heterocycles. The Morgan fingerprint density at radius 1 is 1.21 bits per heavy atom. The van der Waals surface area contributed by atoms with Gasteiger partial charge >= 0.3 is 18.4 Å². The number of hydrogen-bond donors (Lipinski definition) is 2. The highest BCUT2D eigenvalue weighted by Gasteiger charge is 2.60. The first-order chi connectivity index (χ1) is 19.8. The van der Waals surface area contributed by atoms with Crippen LogP contribution in [0.5, 0.6) is 0 Å². The van der Waals surface area contributed by atoms with Crippen LogP contribution in [0.15, 0.2) is 47.4 Å². The van der Waals surface area contributed by atoms with Gasteiger partial charge in [0.25, 0.3) is 17.4 Å². The Bertz CT molecular complexity index is 1540. The molecule has 2 atom stereocenters. The number of ether oxygens (including phenoxy) is 1. The lowest BCUT2D eigenvalue weighted by atomic mass is 9.93. The first-order valence-corrected chi connectivity index (χ1v) is 13.4. The van der Waals surface area contributed by atoms with Gasteiger partial charge in [-0.05, 0) is 74.4 Å². The van der Waals surface area contributed by atoms with Gasteiger partial charge in [-0.15, -0.1) is 16.8 Å². The summed E-state index contributed by atoms with van der Waals surface area (Å²) in [7, 11) is 0. The number of alkyl halides is 6. The van der Waals surface area contributed by atoms with Gasteiger partial charge in [0.15, 0.2) is 5.69 Å². The highest BCUT2D eigenvalue weighted by atomic mass is 127. The highest BCUT2D eigenvalue weighted by molar-refractivity contribution is 14.1. The molecule has 16 heteroatoms. The second-order valence-corrected chi connectivity index (χ2v) is 11.4. The van der Waals surface area contributed by atoms with Crippen molar-refractivity contribution < 1.29 is 45.4 Å². The highest BCUT2D eigenvalue weighted by Crippen LogP contribution is 2.45. The standard InChI is InChI=1S/C27H24F6IN5O4/c1-5-6-8-14(13-35)19-17(26(28,29)30)12-18(36-23(40)43-24(2,3)4)20(37-19)21-38-39-22(42-21)25(41,27(31,32)33)15-9-7-10-16(34)11-15/h5,7,9-12,14,41H,1,6,8H2,2-4H3,(H,36,40). The average Bonchev–Trinajstić information content (AvgIpc) is 3.37. The summed E-state index contributed by atoms with van der Waals surface area (Å²) in [6.07, 6.45) is -10.3. The number of hydrogen-bond acceptors (Lipinski definition) is 8. The zero-order chi connectivity index (χ0) is 32.4. The van der Waals surface area contributed by atoms with Crippen LogP contribution in [-0.2, 0) is 16.5 Å². The Balaban J connectivity index is 2.31. The molecule has 2 N–H and O–H groups in total. The van der Waals surface area contributed by atoms with Crippen molar-refractivity contribution in [2.24, 2.45) is 0 Å². The smallest absolute Gasteiger partial charge is 0.430 e. The van der Waals surface area contributed by atoms with Gasteiger partial charge in [-0.3, -0.25) is 5.32 Å². The maximum absolute atomic E-state index is 14.3. The number of anilines is 1. The van der Waals surface area contributed by atoms with Crippen LogP contribution < -0.4 is 5.32 Å². The summed E-state index contributed by atoms with van der Waals surface area (Å²) in [6.45, 7) is 7.94. The predicted octanol–water partition coefficient (Wildman–Crippen LogP) is 7.47. The van der Waals surface area contributed by atoms with Gasteiger partial charge in [0.05, 0.1) is 28.9 Å². The molecule has 0 aliphatic carbocycles. The minimum atomic E-state index is -5.39. The van der Waals surface area contributed by atoms with Crippen molar-refractivity contribution in [1.82, 2.24) is 15.2 Å². The van der Waals surface area contributed by atoms with E-state index in [1.54, 1.807) is 28.7 Å². The van der Waals surface area contributed by atoms with Crippen molar-refractivity contribution in [3.63, 3.8) is 0 Å². The summed E-state index contributed by atoms with van der Waals surface area (Å²) < 4.78 is 96.1. The molecule has 0 saturated carbocycles. The Morgan fingerprint density at radius 3 is 2.42 bits per heavy atom. The molecule has 3 rings (SSSR count). The molecule has 1 amide bonds. The Kier molecular flexibility index (Phi) is 9.81. The van der Waals surface area contributed by atoms with Crippen LogP contribution in [0.2, 0.25) is 0 Å². The summed E-state index contributed by atoms with van der Waals surface area (Å²) in [5.74, 6) is -3.71. The molecule has 230 valence electrons. The third kappa shape index (κ3) is 7.63. The predicted molar refractivity (Wildman–Crippen MR) is 148 cm³/mol. The number of aromatic nitrogens is 3. The molecule has 0 saturated heterocycles. The van der Waals surface area contributed by atoms with Gasteiger partial charge < -0.3 is 14.3 Å². The molecule has 0 radical (unpaired) electrons. The molecule has 2 aromatic heterocycles. The Labute approximate surface area is 255 Å². The van der Waals surface area contributed by atoms with E-state index in [1.807, 2.05) is 0 Å². The normalized spacial score (nSPS) is 14.4. The summed E-state index contributed by atoms with van der Waals surface area (Å²) in [6, 6.07) is 6.90. The third-order valence-corrected chi connectivity index (χ3v) is 6.40. The van der Waals surface area contributed by atoms with Gasteiger partial charge in [-0.2, -0.15) is 31.6 Å². The van der Waals surface area contributed by atoms with E-state index in [0.717, 1.165) is 12.1 Å². The second-order valence-electron chi connectivity index (χ2n) is 10.1. The zero-order valence-corrected chi connectivity index (χ0v) is 24.9. The van der Waals surface area contributed by atoms with E-state index in [2.05, 4.69) is 27.1 Å². The molecule has 43 heavy (non-hydrogen) atoms. The van der Waals surface area contributed by atoms with E-state index < -0.39 is 75.5 Å². The van der Waals surface area contributed by atoms with Crippen molar-refractivity contribution in [3.8, 4) is 17.7 Å². The quantitative estimate of drug-likeness (QED) is 0.139. The topological polar surface area (TPSA) is 134 Å². The van der Waals surface area contributed by atoms with Crippen LogP contribution in [0.1, 0.15) is 62.2 Å². The van der Waals surface area contributed by atoms with Gasteiger partial charge in [0.1, 0.15) is 5.60 Å². The van der Waals surface area contributed by atoms with E-state index in [0.29, 0.717) is 9.64 Å². The number of aliphatic hydroxyl groups is 1. The Morgan fingerprint density at radius 2 is 1.88 bits per heavy atom. The lowest BCUT2D eigenvalue weighted by Gasteiger charge is -2.27. The van der Waals surface area contributed by atoms with Crippen LogP contribution in [0.3, 0.4) is 0 Å². The van der Waals surface area contributed by atoms with Crippen molar-refractivity contribution in [3.05, 3.63) is 69.3 Å². The maximum atomic E-state index is 14.3. The van der Waals surface area contributed by atoms with Crippen molar-refractivity contribution in [2.75, 3.05) is 5.32 Å². The number of amides is 1. The largest absolute Gasteiger partial charge is 0.444 e. The summed E-state index contributed by atoms with van der Waals surface area (Å²) in [5.41, 5.74) is -9.21. The number of allylic oxidation sites excluding steroid dienone is 1. The van der Waals surface area contributed by atoms with Crippen molar-refractivity contribution in [1.29, 1.82) is 5.26 Å². The van der Waals surface area contributed by atoms with Crippen LogP contribution in [0.25, 0.3) is 11.6 Å². The third-order valence-electron chi connectivity index (χ3n) is 5.73. The van der Waals surface area contributed by atoms with E-state index in [-0.39, 0.29) is 12.8 Å². The minimum Gasteiger partial charge on any atom is -0.444 e. The molecule has 9 nitrogen and oxygen atoms in total. The number of nitriles is 1. The molecular weight excluding hydrogens is 699 g/mol. The van der Waals surface area contributed by atoms with Crippen LogP contribution >= 0.6 is 22.6 Å². The van der Waals surface area contributed by atoms with E-state index in [1.165, 1.54) is 39.0 Å². The minimum absolute atomic E-state index is 0.129. The molecule has 1 aromatic carbocycles. The molecule has 0 aliphatic heterocycles. The molecule has 0 bridgehead atoms. The zero-order valence-electron chi connectivity index (χ0n) is 22.8. The maximum Gasteiger partial charge on any atom is 0.430 e. The molecule has 3 aromatic rings. The first kappa shape index (κ1) is 33.8. The van der Waals surface area contributed by atoms with E-state index in [4.69, 9.17) is 9.15 Å². The number of nitrogens with one attached hydrogen (secondary N) is 1. The monoisotopic (exact) mass is 723 g/mol. The number of pyridine rings is 1. The average molecular weight is 723 g/mol. The van der Waals surface area contributed by atoms with Crippen molar-refractivity contribution >= 4 is 34.4 Å². The van der Waals surface area contributed by atoms with Crippen LogP contribution in [0, 0.1) is 14.9 Å². The number of halogens is 7. The molecular formula is C27H24F6IN5O4. The van der Waals surface area contributed by atoms with Crippen LogP contribution in [0.4, 0.5) is 36.8 Å². The lowest BCUT2D eigenvalue weighted by Crippen LogP contribution is -2.43. The van der Waals surface area contributed by atoms with Gasteiger partial charge in [-0.1, -0.05) is 18.2 Å². The SMILES string of the molecule is C=CCCC(C#N)c1nc(-c2nnc(C(O)(c3cccc(I)c3)C(F)(F)F)o2)c(NC(=O)OC(C)(C)C)cc1C(F)(F)F. The first-order valence-electron chi connectivity index (χ1n) is 12.3. The van der Waals surface area contributed by atoms with Crippen molar-refractivity contribution in [2.45, 2.75) is 63.1 Å². The number of carbonyl (C=O) groups excluding carboxylic acids is 1. The molecule has 2 unspecified atom stereocenters. The number of nitrogens with zero attached hydrogens (tertiary/aromatic N) is 4. The van der Waals surface area contributed by atoms with E-state index in [9.17, 15) is 41.5 Å². The van der Waals surface area contributed by atoms with Gasteiger partial charge in [-0.25, -0.2) is 9.78 Å². The Hall–Kier alpha value is -3.72. The van der Waals surface area contributed by atoms with E-state index >= 15 is 0 Å². The molecule has 0 fully saturated rings. The molecule has 0 aliphatic rings. The number of carbonyl (C=O) groups is 1. The van der Waals surface area contributed by atoms with Gasteiger partial charge in [0.2, 0.25) is 0 Å². The fourth-order valence-corrected chi connectivity index (χ4v) is 4.37. The summed E-state index contributed by atoms with van der Waals surface area (Å²) >= 11 is 1.73. The number of rotatable bonds is 8. The van der Waals surface area contributed by atoms with Crippen LogP contribution in [-0.4, -0.2) is 38.2 Å². The van der Waals surface area contributed by atoms with Gasteiger partial charge in [0, 0.05) is 9.13 Å². The summed E-state index contributed by atoms with van der Waals surface area (Å²) in [4.78, 5) is 16.5. The molecule has 0 spiro atoms.